The average Bonchev–Trinajstić information content (AvgIpc) is 2.70. The lowest BCUT2D eigenvalue weighted by atomic mass is 10.1. The van der Waals surface area contributed by atoms with Crippen LogP contribution in [0.3, 0.4) is 0 Å². The molecule has 4 amide bonds. The van der Waals surface area contributed by atoms with Crippen molar-refractivity contribution in [2.24, 2.45) is 0 Å². The summed E-state index contributed by atoms with van der Waals surface area (Å²) < 4.78 is 5.15. The Morgan fingerprint density at radius 1 is 1.38 bits per heavy atom. The van der Waals surface area contributed by atoms with Gasteiger partial charge >= 0.3 is 6.03 Å². The number of hydrogen-bond donors (Lipinski definition) is 2. The first-order valence-corrected chi connectivity index (χ1v) is 7.28. The third kappa shape index (κ3) is 3.08. The quantitative estimate of drug-likeness (QED) is 0.472. The van der Waals surface area contributed by atoms with Crippen molar-refractivity contribution >= 4 is 29.8 Å². The molecular formula is C16H19N3O5. The molecule has 0 saturated carbocycles. The van der Waals surface area contributed by atoms with Gasteiger partial charge in [0, 0.05) is 0 Å². The van der Waals surface area contributed by atoms with Gasteiger partial charge in [-0.1, -0.05) is 6.07 Å². The van der Waals surface area contributed by atoms with Crippen LogP contribution in [0.4, 0.5) is 10.5 Å². The van der Waals surface area contributed by atoms with Gasteiger partial charge in [-0.3, -0.25) is 9.59 Å². The van der Waals surface area contributed by atoms with E-state index >= 15 is 0 Å². The second-order valence-electron chi connectivity index (χ2n) is 6.00. The topological polar surface area (TPSA) is 105 Å². The summed E-state index contributed by atoms with van der Waals surface area (Å²) in [5.41, 5.74) is 0.0464. The van der Waals surface area contributed by atoms with Crippen LogP contribution in [0.1, 0.15) is 19.4 Å². The second-order valence-corrected chi connectivity index (χ2v) is 6.00. The number of aryl methyl sites for hydroxylation is 1. The minimum absolute atomic E-state index is 0.260. The lowest BCUT2D eigenvalue weighted by Crippen LogP contribution is -2.49. The Hall–Kier alpha value is -2.90. The van der Waals surface area contributed by atoms with Gasteiger partial charge in [0.05, 0.1) is 12.8 Å². The van der Waals surface area contributed by atoms with E-state index in [1.807, 2.05) is 6.92 Å². The van der Waals surface area contributed by atoms with Crippen molar-refractivity contribution in [2.75, 3.05) is 12.4 Å². The number of ether oxygens (including phenoxy) is 1. The predicted octanol–water partition coefficient (Wildman–Crippen LogP) is 0.840. The molecule has 24 heavy (non-hydrogen) atoms. The van der Waals surface area contributed by atoms with Crippen molar-refractivity contribution in [3.8, 4) is 5.75 Å². The fourth-order valence-electron chi connectivity index (χ4n) is 2.39. The summed E-state index contributed by atoms with van der Waals surface area (Å²) in [6, 6.07) is 2.77. The summed E-state index contributed by atoms with van der Waals surface area (Å²) in [6.07, 6.45) is 0.260. The molecule has 0 radical (unpaired) electrons. The molecule has 0 bridgehead atoms. The molecule has 1 saturated heterocycles. The van der Waals surface area contributed by atoms with Crippen LogP contribution in [0.2, 0.25) is 0 Å². The van der Waals surface area contributed by atoms with Crippen molar-refractivity contribution < 1.29 is 23.9 Å². The lowest BCUT2D eigenvalue weighted by molar-refractivity contribution is -0.138. The summed E-state index contributed by atoms with van der Waals surface area (Å²) in [7, 11) is 1.44. The van der Waals surface area contributed by atoms with Crippen LogP contribution in [-0.4, -0.2) is 47.7 Å². The predicted molar refractivity (Wildman–Crippen MR) is 85.7 cm³/mol. The Balaban J connectivity index is 2.28. The van der Waals surface area contributed by atoms with Crippen LogP contribution in [0.25, 0.3) is 0 Å². The molecule has 0 aliphatic carbocycles. The van der Waals surface area contributed by atoms with E-state index in [2.05, 4.69) is 10.6 Å². The molecule has 8 heteroatoms. The van der Waals surface area contributed by atoms with Gasteiger partial charge in [-0.15, -0.1) is 0 Å². The van der Waals surface area contributed by atoms with Crippen molar-refractivity contribution in [1.29, 1.82) is 0 Å². The Labute approximate surface area is 139 Å². The van der Waals surface area contributed by atoms with Crippen LogP contribution >= 0.6 is 0 Å². The van der Waals surface area contributed by atoms with Gasteiger partial charge in [0.25, 0.3) is 11.8 Å². The first-order valence-electron chi connectivity index (χ1n) is 7.28. The van der Waals surface area contributed by atoms with E-state index in [4.69, 9.17) is 4.74 Å². The van der Waals surface area contributed by atoms with E-state index in [1.54, 1.807) is 18.2 Å². The molecule has 1 aromatic carbocycles. The highest BCUT2D eigenvalue weighted by molar-refractivity contribution is 6.15. The second kappa shape index (κ2) is 6.31. The van der Waals surface area contributed by atoms with Gasteiger partial charge in [-0.05, 0) is 38.5 Å². The zero-order valence-corrected chi connectivity index (χ0v) is 13.9. The van der Waals surface area contributed by atoms with Gasteiger partial charge in [0.15, 0.2) is 12.3 Å². The Kier molecular flexibility index (Phi) is 4.59. The number of methoxy groups -OCH3 is 1. The number of nitrogens with zero attached hydrogens (tertiary/aromatic N) is 1. The minimum Gasteiger partial charge on any atom is -0.495 e. The third-order valence-corrected chi connectivity index (χ3v) is 3.68. The summed E-state index contributed by atoms with van der Waals surface area (Å²) in [5.74, 6) is -1.04. The fourth-order valence-corrected chi connectivity index (χ4v) is 2.39. The molecule has 8 nitrogen and oxygen atoms in total. The molecule has 128 valence electrons. The maximum atomic E-state index is 12.4. The van der Waals surface area contributed by atoms with E-state index < -0.39 is 29.4 Å². The summed E-state index contributed by atoms with van der Waals surface area (Å²) in [4.78, 5) is 48.7. The average molecular weight is 333 g/mol. The number of rotatable bonds is 5. The monoisotopic (exact) mass is 333 g/mol. The Morgan fingerprint density at radius 2 is 2.04 bits per heavy atom. The number of carbonyl (C=O) groups excluding carboxylic acids is 4. The highest BCUT2D eigenvalue weighted by Gasteiger charge is 2.49. The number of imide groups is 1. The van der Waals surface area contributed by atoms with Gasteiger partial charge < -0.3 is 20.2 Å². The molecule has 1 aliphatic rings. The fraction of sp³-hybridized carbons (Fsp3) is 0.375. The zero-order chi connectivity index (χ0) is 18.1. The van der Waals surface area contributed by atoms with Crippen LogP contribution in [0.5, 0.6) is 5.75 Å². The molecule has 1 atom stereocenters. The summed E-state index contributed by atoms with van der Waals surface area (Å²) in [6.45, 7) is 4.82. The number of nitrogens with one attached hydrogen (secondary N) is 2. The molecule has 1 unspecified atom stereocenters. The van der Waals surface area contributed by atoms with Crippen LogP contribution in [0.15, 0.2) is 18.2 Å². The lowest BCUT2D eigenvalue weighted by Gasteiger charge is -2.21. The number of aldehydes is 1. The van der Waals surface area contributed by atoms with Gasteiger partial charge in [0.1, 0.15) is 11.3 Å². The van der Waals surface area contributed by atoms with E-state index in [1.165, 1.54) is 21.0 Å². The van der Waals surface area contributed by atoms with Crippen molar-refractivity contribution in [2.45, 2.75) is 32.4 Å². The minimum atomic E-state index is -1.57. The third-order valence-electron chi connectivity index (χ3n) is 3.68. The van der Waals surface area contributed by atoms with E-state index in [0.717, 1.165) is 5.56 Å². The Morgan fingerprint density at radius 3 is 2.54 bits per heavy atom. The largest absolute Gasteiger partial charge is 0.495 e. The van der Waals surface area contributed by atoms with Crippen LogP contribution in [0, 0.1) is 6.92 Å². The maximum Gasteiger partial charge on any atom is 0.326 e. The highest BCUT2D eigenvalue weighted by atomic mass is 16.5. The first-order chi connectivity index (χ1) is 11.2. The Bertz CT molecular complexity index is 714. The van der Waals surface area contributed by atoms with Gasteiger partial charge in [-0.2, -0.15) is 0 Å². The van der Waals surface area contributed by atoms with E-state index in [9.17, 15) is 19.2 Å². The van der Waals surface area contributed by atoms with Gasteiger partial charge in [0.2, 0.25) is 0 Å². The zero-order valence-electron chi connectivity index (χ0n) is 13.9. The molecule has 1 fully saturated rings. The van der Waals surface area contributed by atoms with E-state index in [0.29, 0.717) is 16.3 Å². The summed E-state index contributed by atoms with van der Waals surface area (Å²) >= 11 is 0. The molecule has 2 rings (SSSR count). The van der Waals surface area contributed by atoms with Crippen LogP contribution in [-0.2, 0) is 14.4 Å². The molecule has 1 aliphatic heterocycles. The van der Waals surface area contributed by atoms with Crippen molar-refractivity contribution in [1.82, 2.24) is 10.2 Å². The maximum absolute atomic E-state index is 12.4. The van der Waals surface area contributed by atoms with E-state index in [-0.39, 0.29) is 6.29 Å². The number of carbonyl (C=O) groups is 4. The molecule has 1 aromatic rings. The van der Waals surface area contributed by atoms with Crippen molar-refractivity contribution in [3.05, 3.63) is 23.8 Å². The van der Waals surface area contributed by atoms with Gasteiger partial charge in [-0.25, -0.2) is 9.69 Å². The molecule has 2 N–H and O–H groups in total. The number of hydrogen-bond acceptors (Lipinski definition) is 5. The molecular weight excluding hydrogens is 314 g/mol. The normalized spacial score (nSPS) is 17.2. The molecule has 0 aromatic heterocycles. The molecule has 0 spiro atoms. The SMILES string of the molecule is COc1ccc(C)cc1NC(=O)C(C=O)N1C(=O)NC(C)(C)C1=O. The number of anilines is 1. The number of urea groups is 1. The summed E-state index contributed by atoms with van der Waals surface area (Å²) in [5, 5.41) is 4.96. The number of amides is 4. The smallest absolute Gasteiger partial charge is 0.326 e. The standard InChI is InChI=1S/C16H19N3O5/c1-9-5-6-12(24-4)10(7-9)17-13(21)11(8-20)19-14(22)16(2,3)18-15(19)23/h5-8,11H,1-4H3,(H,17,21)(H,18,23). The molecule has 1 heterocycles. The van der Waals surface area contributed by atoms with Crippen molar-refractivity contribution in [3.63, 3.8) is 0 Å². The first kappa shape index (κ1) is 17.5. The van der Waals surface area contributed by atoms with Crippen LogP contribution < -0.4 is 15.4 Å². The number of benzene rings is 1. The highest BCUT2D eigenvalue weighted by Crippen LogP contribution is 2.26.